The first-order chi connectivity index (χ1) is 8.04. The Morgan fingerprint density at radius 2 is 2.24 bits per heavy atom. The van der Waals surface area contributed by atoms with Gasteiger partial charge in [0.2, 0.25) is 0 Å². The molecule has 0 bridgehead atoms. The third-order valence-corrected chi connectivity index (χ3v) is 2.24. The minimum absolute atomic E-state index is 0.0550. The zero-order valence-electron chi connectivity index (χ0n) is 9.45. The summed E-state index contributed by atoms with van der Waals surface area (Å²) in [4.78, 5) is 37.9. The van der Waals surface area contributed by atoms with Crippen LogP contribution in [-0.2, 0) is 0 Å². The summed E-state index contributed by atoms with van der Waals surface area (Å²) >= 11 is 0. The van der Waals surface area contributed by atoms with Gasteiger partial charge in [-0.05, 0) is 19.8 Å². The number of aromatic amines is 2. The van der Waals surface area contributed by atoms with Crippen molar-refractivity contribution in [1.29, 1.82) is 0 Å². The average molecular weight is 241 g/mol. The van der Waals surface area contributed by atoms with Crippen molar-refractivity contribution in [2.45, 2.75) is 25.8 Å². The highest BCUT2D eigenvalue weighted by atomic mass is 16.3. The van der Waals surface area contributed by atoms with Crippen LogP contribution in [0.4, 0.5) is 0 Å². The zero-order chi connectivity index (χ0) is 12.8. The molecule has 7 nitrogen and oxygen atoms in total. The molecule has 1 atom stereocenters. The van der Waals surface area contributed by atoms with Gasteiger partial charge in [0.05, 0.1) is 0 Å². The van der Waals surface area contributed by atoms with Crippen LogP contribution in [0.2, 0.25) is 0 Å². The second kappa shape index (κ2) is 6.00. The predicted molar refractivity (Wildman–Crippen MR) is 60.9 cm³/mol. The summed E-state index contributed by atoms with van der Waals surface area (Å²) in [5.41, 5.74) is -1.51. The van der Waals surface area contributed by atoms with Gasteiger partial charge in [-0.1, -0.05) is 0 Å². The van der Waals surface area contributed by atoms with Crippen molar-refractivity contribution in [3.05, 3.63) is 32.6 Å². The maximum absolute atomic E-state index is 11.6. The first kappa shape index (κ1) is 13.2. The van der Waals surface area contributed by atoms with Crippen molar-refractivity contribution in [2.24, 2.45) is 0 Å². The Morgan fingerprint density at radius 3 is 2.82 bits per heavy atom. The van der Waals surface area contributed by atoms with Gasteiger partial charge in [0.1, 0.15) is 5.56 Å². The van der Waals surface area contributed by atoms with E-state index in [0.717, 1.165) is 6.20 Å². The molecular formula is C10H15N3O4. The van der Waals surface area contributed by atoms with Crippen LogP contribution in [0, 0.1) is 0 Å². The van der Waals surface area contributed by atoms with E-state index < -0.39 is 17.2 Å². The largest absolute Gasteiger partial charge is 0.396 e. The Kier molecular flexibility index (Phi) is 4.65. The molecule has 0 spiro atoms. The number of aliphatic hydroxyl groups is 1. The molecule has 0 aliphatic rings. The van der Waals surface area contributed by atoms with E-state index >= 15 is 0 Å². The number of aromatic nitrogens is 2. The first-order valence-corrected chi connectivity index (χ1v) is 5.28. The first-order valence-electron chi connectivity index (χ1n) is 5.28. The van der Waals surface area contributed by atoms with Crippen molar-refractivity contribution < 1.29 is 9.90 Å². The summed E-state index contributed by atoms with van der Waals surface area (Å²) in [6, 6.07) is -0.152. The zero-order valence-corrected chi connectivity index (χ0v) is 9.45. The Labute approximate surface area is 96.9 Å². The molecule has 0 fully saturated rings. The highest BCUT2D eigenvalue weighted by molar-refractivity contribution is 5.93. The minimum atomic E-state index is -0.722. The van der Waals surface area contributed by atoms with Gasteiger partial charge < -0.3 is 15.4 Å². The molecule has 0 saturated heterocycles. The molecule has 1 unspecified atom stereocenters. The van der Waals surface area contributed by atoms with Crippen LogP contribution >= 0.6 is 0 Å². The molecular weight excluding hydrogens is 226 g/mol. The highest BCUT2D eigenvalue weighted by Crippen LogP contribution is 1.96. The molecule has 1 aromatic heterocycles. The van der Waals surface area contributed by atoms with Gasteiger partial charge in [0.25, 0.3) is 11.5 Å². The number of H-pyrrole nitrogens is 2. The fourth-order valence-corrected chi connectivity index (χ4v) is 1.35. The Morgan fingerprint density at radius 1 is 1.53 bits per heavy atom. The molecule has 17 heavy (non-hydrogen) atoms. The van der Waals surface area contributed by atoms with Gasteiger partial charge in [0.15, 0.2) is 0 Å². The van der Waals surface area contributed by atoms with Crippen molar-refractivity contribution >= 4 is 5.91 Å². The quantitative estimate of drug-likeness (QED) is 0.526. The monoisotopic (exact) mass is 241 g/mol. The lowest BCUT2D eigenvalue weighted by atomic mass is 10.2. The van der Waals surface area contributed by atoms with Crippen LogP contribution in [-0.4, -0.2) is 33.6 Å². The summed E-state index contributed by atoms with van der Waals surface area (Å²) in [7, 11) is 0. The smallest absolute Gasteiger partial charge is 0.325 e. The fourth-order valence-electron chi connectivity index (χ4n) is 1.35. The Hall–Kier alpha value is -1.89. The van der Waals surface area contributed by atoms with Gasteiger partial charge in [-0.2, -0.15) is 0 Å². The summed E-state index contributed by atoms with van der Waals surface area (Å²) in [6.45, 7) is 1.83. The van der Waals surface area contributed by atoms with Crippen LogP contribution < -0.4 is 16.6 Å². The summed E-state index contributed by atoms with van der Waals surface area (Å²) in [5, 5.41) is 11.2. The van der Waals surface area contributed by atoms with Gasteiger partial charge in [-0.3, -0.25) is 14.6 Å². The van der Waals surface area contributed by atoms with Crippen LogP contribution in [0.3, 0.4) is 0 Å². The van der Waals surface area contributed by atoms with Crippen LogP contribution in [0.5, 0.6) is 0 Å². The lowest BCUT2D eigenvalue weighted by molar-refractivity contribution is 0.0934. The normalized spacial score (nSPS) is 12.1. The van der Waals surface area contributed by atoms with Gasteiger partial charge in [-0.25, -0.2) is 4.79 Å². The second-order valence-electron chi connectivity index (χ2n) is 3.73. The maximum atomic E-state index is 11.6. The SMILES string of the molecule is CC(CCCO)NC(=O)c1c[nH]c(=O)[nH]c1=O. The lowest BCUT2D eigenvalue weighted by Crippen LogP contribution is -2.37. The number of carbonyl (C=O) groups excluding carboxylic acids is 1. The molecule has 0 saturated carbocycles. The van der Waals surface area contributed by atoms with E-state index in [2.05, 4.69) is 10.3 Å². The van der Waals surface area contributed by atoms with Crippen molar-refractivity contribution in [3.8, 4) is 0 Å². The third-order valence-electron chi connectivity index (χ3n) is 2.24. The number of rotatable bonds is 5. The second-order valence-corrected chi connectivity index (χ2v) is 3.73. The fraction of sp³-hybridized carbons (Fsp3) is 0.500. The minimum Gasteiger partial charge on any atom is -0.396 e. The van der Waals surface area contributed by atoms with E-state index in [-0.39, 0.29) is 18.2 Å². The lowest BCUT2D eigenvalue weighted by Gasteiger charge is -2.12. The van der Waals surface area contributed by atoms with Crippen LogP contribution in [0.1, 0.15) is 30.1 Å². The van der Waals surface area contributed by atoms with Gasteiger partial charge >= 0.3 is 5.69 Å². The van der Waals surface area contributed by atoms with E-state index in [9.17, 15) is 14.4 Å². The molecule has 0 radical (unpaired) electrons. The van der Waals surface area contributed by atoms with Crippen molar-refractivity contribution in [1.82, 2.24) is 15.3 Å². The third kappa shape index (κ3) is 3.87. The standard InChI is InChI=1S/C10H15N3O4/c1-6(3-2-4-14)12-8(15)7-5-11-10(17)13-9(7)16/h5-6,14H,2-4H2,1H3,(H,12,15)(H2,11,13,16,17). The molecule has 7 heteroatoms. The Bertz CT molecular complexity index is 491. The van der Waals surface area contributed by atoms with Crippen molar-refractivity contribution in [2.75, 3.05) is 6.61 Å². The molecule has 1 aromatic rings. The maximum Gasteiger partial charge on any atom is 0.325 e. The number of hydrogen-bond donors (Lipinski definition) is 4. The van der Waals surface area contributed by atoms with Gasteiger partial charge in [-0.15, -0.1) is 0 Å². The Balaban J connectivity index is 2.70. The average Bonchev–Trinajstić information content (AvgIpc) is 2.26. The number of nitrogens with one attached hydrogen (secondary N) is 3. The number of carbonyl (C=O) groups is 1. The van der Waals surface area contributed by atoms with E-state index in [1.807, 2.05) is 4.98 Å². The molecule has 1 amide bonds. The van der Waals surface area contributed by atoms with Crippen molar-refractivity contribution in [3.63, 3.8) is 0 Å². The highest BCUT2D eigenvalue weighted by Gasteiger charge is 2.13. The van der Waals surface area contributed by atoms with E-state index in [4.69, 9.17) is 5.11 Å². The van der Waals surface area contributed by atoms with E-state index in [1.165, 1.54) is 0 Å². The molecule has 0 aliphatic carbocycles. The van der Waals surface area contributed by atoms with Crippen LogP contribution in [0.25, 0.3) is 0 Å². The summed E-state index contributed by atoms with van der Waals surface area (Å²) in [6.07, 6.45) is 2.27. The topological polar surface area (TPSA) is 115 Å². The number of hydrogen-bond acceptors (Lipinski definition) is 4. The number of aliphatic hydroxyl groups excluding tert-OH is 1. The molecule has 0 aromatic carbocycles. The van der Waals surface area contributed by atoms with Crippen LogP contribution in [0.15, 0.2) is 15.8 Å². The molecule has 0 aliphatic heterocycles. The predicted octanol–water partition coefficient (Wildman–Crippen LogP) is -1.05. The molecule has 1 heterocycles. The summed E-state index contributed by atoms with van der Waals surface area (Å²) < 4.78 is 0. The summed E-state index contributed by atoms with van der Waals surface area (Å²) in [5.74, 6) is -0.548. The molecule has 4 N–H and O–H groups in total. The molecule has 94 valence electrons. The van der Waals surface area contributed by atoms with E-state index in [1.54, 1.807) is 6.92 Å². The van der Waals surface area contributed by atoms with E-state index in [0.29, 0.717) is 12.8 Å². The number of amides is 1. The van der Waals surface area contributed by atoms with Gasteiger partial charge in [0, 0.05) is 18.8 Å². The molecule has 1 rings (SSSR count).